The van der Waals surface area contributed by atoms with E-state index in [0.29, 0.717) is 16.8 Å². The number of halogens is 1. The minimum absolute atomic E-state index is 0.167. The first-order valence-electron chi connectivity index (χ1n) is 8.14. The molecule has 0 heterocycles. The van der Waals surface area contributed by atoms with Gasteiger partial charge in [0.25, 0.3) is 0 Å². The van der Waals surface area contributed by atoms with Gasteiger partial charge in [-0.05, 0) is 41.0 Å². The van der Waals surface area contributed by atoms with Crippen LogP contribution in [0.15, 0.2) is 72.8 Å². The molecule has 136 valence electrons. The standard InChI is InChI=1S/C21H16FNO4/c22-19-12-16(8-11-18(19)20(24)25)15-6-9-17(10-7-15)23-21(26)27-13-14-4-2-1-3-5-14/h1-12H,13H2,(H,23,26)(H,24,25). The highest BCUT2D eigenvalue weighted by molar-refractivity contribution is 5.89. The summed E-state index contributed by atoms with van der Waals surface area (Å²) in [5.74, 6) is -2.11. The van der Waals surface area contributed by atoms with Crippen LogP contribution in [0, 0.1) is 5.82 Å². The molecular formula is C21H16FNO4. The highest BCUT2D eigenvalue weighted by Crippen LogP contribution is 2.24. The number of hydrogen-bond donors (Lipinski definition) is 2. The second kappa shape index (κ2) is 8.14. The Morgan fingerprint density at radius 2 is 1.59 bits per heavy atom. The summed E-state index contributed by atoms with van der Waals surface area (Å²) in [7, 11) is 0. The lowest BCUT2D eigenvalue weighted by atomic mass is 10.0. The van der Waals surface area contributed by atoms with E-state index in [1.54, 1.807) is 24.3 Å². The van der Waals surface area contributed by atoms with Crippen LogP contribution in [0.2, 0.25) is 0 Å². The fraction of sp³-hybridized carbons (Fsp3) is 0.0476. The molecule has 0 bridgehead atoms. The topological polar surface area (TPSA) is 75.6 Å². The SMILES string of the molecule is O=C(Nc1ccc(-c2ccc(C(=O)O)c(F)c2)cc1)OCc1ccccc1. The van der Waals surface area contributed by atoms with Crippen LogP contribution in [-0.2, 0) is 11.3 Å². The Morgan fingerprint density at radius 1 is 0.926 bits per heavy atom. The fourth-order valence-corrected chi connectivity index (χ4v) is 2.49. The van der Waals surface area contributed by atoms with E-state index in [1.165, 1.54) is 18.2 Å². The molecule has 5 nitrogen and oxygen atoms in total. The number of hydrogen-bond acceptors (Lipinski definition) is 3. The normalized spacial score (nSPS) is 10.3. The number of amides is 1. The van der Waals surface area contributed by atoms with Gasteiger partial charge in [0.05, 0.1) is 5.56 Å². The molecule has 0 aliphatic heterocycles. The zero-order valence-corrected chi connectivity index (χ0v) is 14.2. The maximum absolute atomic E-state index is 13.8. The predicted octanol–water partition coefficient (Wildman–Crippen LogP) is 4.94. The molecule has 0 saturated carbocycles. The van der Waals surface area contributed by atoms with Crippen molar-refractivity contribution in [3.05, 3.63) is 89.7 Å². The fourth-order valence-electron chi connectivity index (χ4n) is 2.49. The van der Waals surface area contributed by atoms with E-state index in [2.05, 4.69) is 5.32 Å². The van der Waals surface area contributed by atoms with Crippen molar-refractivity contribution in [2.45, 2.75) is 6.61 Å². The summed E-state index contributed by atoms with van der Waals surface area (Å²) >= 11 is 0. The van der Waals surface area contributed by atoms with Gasteiger partial charge in [0.1, 0.15) is 12.4 Å². The molecule has 3 aromatic carbocycles. The predicted molar refractivity (Wildman–Crippen MR) is 99.0 cm³/mol. The second-order valence-corrected chi connectivity index (χ2v) is 5.76. The van der Waals surface area contributed by atoms with Crippen LogP contribution in [0.1, 0.15) is 15.9 Å². The molecule has 0 saturated heterocycles. The number of anilines is 1. The van der Waals surface area contributed by atoms with Gasteiger partial charge in [0.2, 0.25) is 0 Å². The minimum Gasteiger partial charge on any atom is -0.478 e. The Morgan fingerprint density at radius 3 is 2.22 bits per heavy atom. The number of carboxylic acids is 1. The lowest BCUT2D eigenvalue weighted by Crippen LogP contribution is -2.13. The average molecular weight is 365 g/mol. The van der Waals surface area contributed by atoms with Gasteiger partial charge in [-0.3, -0.25) is 5.32 Å². The van der Waals surface area contributed by atoms with Gasteiger partial charge in [0.15, 0.2) is 0 Å². The number of ether oxygens (including phenoxy) is 1. The highest BCUT2D eigenvalue weighted by atomic mass is 19.1. The molecule has 27 heavy (non-hydrogen) atoms. The third kappa shape index (κ3) is 4.70. The maximum Gasteiger partial charge on any atom is 0.411 e. The molecule has 0 aromatic heterocycles. The molecule has 0 unspecified atom stereocenters. The number of carbonyl (C=O) groups excluding carboxylic acids is 1. The van der Waals surface area contributed by atoms with Gasteiger partial charge in [-0.25, -0.2) is 14.0 Å². The van der Waals surface area contributed by atoms with Crippen molar-refractivity contribution in [2.75, 3.05) is 5.32 Å². The summed E-state index contributed by atoms with van der Waals surface area (Å²) in [5.41, 5.74) is 2.26. The van der Waals surface area contributed by atoms with Crippen LogP contribution in [0.5, 0.6) is 0 Å². The maximum atomic E-state index is 13.8. The zero-order chi connectivity index (χ0) is 19.2. The summed E-state index contributed by atoms with van der Waals surface area (Å²) in [5, 5.41) is 11.5. The van der Waals surface area contributed by atoms with E-state index in [0.717, 1.165) is 5.56 Å². The Hall–Kier alpha value is -3.67. The van der Waals surface area contributed by atoms with Crippen LogP contribution < -0.4 is 5.32 Å². The Labute approximate surface area is 155 Å². The smallest absolute Gasteiger partial charge is 0.411 e. The second-order valence-electron chi connectivity index (χ2n) is 5.76. The first kappa shape index (κ1) is 18.1. The number of rotatable bonds is 5. The van der Waals surface area contributed by atoms with Gasteiger partial charge >= 0.3 is 12.1 Å². The first-order chi connectivity index (χ1) is 13.0. The summed E-state index contributed by atoms with van der Waals surface area (Å²) in [4.78, 5) is 22.7. The zero-order valence-electron chi connectivity index (χ0n) is 14.2. The van der Waals surface area contributed by atoms with Gasteiger partial charge < -0.3 is 9.84 Å². The molecule has 0 atom stereocenters. The number of carboxylic acid groups (broad SMARTS) is 1. The van der Waals surface area contributed by atoms with Gasteiger partial charge in [-0.2, -0.15) is 0 Å². The van der Waals surface area contributed by atoms with Gasteiger partial charge in [-0.1, -0.05) is 48.5 Å². The molecule has 3 rings (SSSR count). The molecular weight excluding hydrogens is 349 g/mol. The lowest BCUT2D eigenvalue weighted by Gasteiger charge is -2.08. The Balaban J connectivity index is 1.62. The number of benzene rings is 3. The monoisotopic (exact) mass is 365 g/mol. The number of carbonyl (C=O) groups is 2. The van der Waals surface area contributed by atoms with Crippen LogP contribution in [0.3, 0.4) is 0 Å². The summed E-state index contributed by atoms with van der Waals surface area (Å²) in [6.45, 7) is 0.167. The molecule has 0 fully saturated rings. The van der Waals surface area contributed by atoms with Gasteiger partial charge in [0, 0.05) is 5.69 Å². The molecule has 3 aromatic rings. The molecule has 0 aliphatic carbocycles. The molecule has 6 heteroatoms. The van der Waals surface area contributed by atoms with Crippen molar-refractivity contribution in [1.29, 1.82) is 0 Å². The Kier molecular flexibility index (Phi) is 5.47. The van der Waals surface area contributed by atoms with E-state index in [1.807, 2.05) is 30.3 Å². The van der Waals surface area contributed by atoms with E-state index >= 15 is 0 Å². The average Bonchev–Trinajstić information content (AvgIpc) is 2.67. The third-order valence-corrected chi connectivity index (χ3v) is 3.88. The van der Waals surface area contributed by atoms with Crippen LogP contribution in [0.4, 0.5) is 14.9 Å². The quantitative estimate of drug-likeness (QED) is 0.671. The molecule has 2 N–H and O–H groups in total. The van der Waals surface area contributed by atoms with Crippen molar-refractivity contribution < 1.29 is 23.8 Å². The lowest BCUT2D eigenvalue weighted by molar-refractivity contribution is 0.0692. The van der Waals surface area contributed by atoms with E-state index in [9.17, 15) is 14.0 Å². The first-order valence-corrected chi connectivity index (χ1v) is 8.14. The van der Waals surface area contributed by atoms with Crippen LogP contribution >= 0.6 is 0 Å². The van der Waals surface area contributed by atoms with Crippen molar-refractivity contribution in [3.8, 4) is 11.1 Å². The van der Waals surface area contributed by atoms with E-state index < -0.39 is 17.9 Å². The summed E-state index contributed by atoms with van der Waals surface area (Å²) in [6.07, 6.45) is -0.580. The third-order valence-electron chi connectivity index (χ3n) is 3.88. The summed E-state index contributed by atoms with van der Waals surface area (Å²) in [6, 6.07) is 19.9. The van der Waals surface area contributed by atoms with Crippen LogP contribution in [0.25, 0.3) is 11.1 Å². The molecule has 0 aliphatic rings. The Bertz CT molecular complexity index is 956. The molecule has 1 amide bonds. The molecule has 0 radical (unpaired) electrons. The van der Waals surface area contributed by atoms with Gasteiger partial charge in [-0.15, -0.1) is 0 Å². The summed E-state index contributed by atoms with van der Waals surface area (Å²) < 4.78 is 19.0. The van der Waals surface area contributed by atoms with E-state index in [-0.39, 0.29) is 12.2 Å². The number of nitrogens with one attached hydrogen (secondary N) is 1. The largest absolute Gasteiger partial charge is 0.478 e. The molecule has 0 spiro atoms. The highest BCUT2D eigenvalue weighted by Gasteiger charge is 2.11. The van der Waals surface area contributed by atoms with Crippen molar-refractivity contribution in [2.24, 2.45) is 0 Å². The van der Waals surface area contributed by atoms with Crippen LogP contribution in [-0.4, -0.2) is 17.2 Å². The van der Waals surface area contributed by atoms with Crippen molar-refractivity contribution >= 4 is 17.7 Å². The number of aromatic carboxylic acids is 1. The minimum atomic E-state index is -1.31. The van der Waals surface area contributed by atoms with Crippen molar-refractivity contribution in [1.82, 2.24) is 0 Å². The van der Waals surface area contributed by atoms with Crippen molar-refractivity contribution in [3.63, 3.8) is 0 Å². The van der Waals surface area contributed by atoms with E-state index in [4.69, 9.17) is 9.84 Å².